The number of amides is 1. The molecule has 4 nitrogen and oxygen atoms in total. The smallest absolute Gasteiger partial charge is 0.259 e. The van der Waals surface area contributed by atoms with Crippen LogP contribution in [0.5, 0.6) is 11.5 Å². The van der Waals surface area contributed by atoms with Crippen molar-refractivity contribution in [3.05, 3.63) is 59.4 Å². The number of hydrogen-bond acceptors (Lipinski definition) is 3. The molecule has 1 N–H and O–H groups in total. The Bertz CT molecular complexity index is 674. The van der Waals surface area contributed by atoms with Crippen LogP contribution in [0, 0.1) is 5.82 Å². The number of carbonyl (C=O) groups excluding carboxylic acids is 1. The van der Waals surface area contributed by atoms with E-state index in [1.165, 1.54) is 26.4 Å². The summed E-state index contributed by atoms with van der Waals surface area (Å²) in [7, 11) is 2.99. The lowest BCUT2D eigenvalue weighted by Crippen LogP contribution is -2.41. The molecule has 0 unspecified atom stereocenters. The minimum Gasteiger partial charge on any atom is -0.496 e. The van der Waals surface area contributed by atoms with Crippen molar-refractivity contribution in [2.75, 3.05) is 14.2 Å². The molecular weight excluding hydrogens is 297 g/mol. The summed E-state index contributed by atoms with van der Waals surface area (Å²) in [5.41, 5.74) is 0.435. The quantitative estimate of drug-likeness (QED) is 0.918. The van der Waals surface area contributed by atoms with E-state index < -0.39 is 5.54 Å². The molecule has 0 radical (unpaired) electrons. The molecule has 0 spiro atoms. The standard InChI is InChI=1S/C18H20FNO3/c1-18(2,12-8-10-13(19)11-9-12)20-17(21)16-14(22-3)6-5-7-15(16)23-4/h5-11H,1-4H3,(H,20,21). The molecule has 0 aliphatic carbocycles. The van der Waals surface area contributed by atoms with Crippen LogP contribution in [0.25, 0.3) is 0 Å². The molecule has 2 aromatic rings. The van der Waals surface area contributed by atoms with Gasteiger partial charge in [0.05, 0.1) is 19.8 Å². The zero-order valence-electron chi connectivity index (χ0n) is 13.6. The molecule has 0 aliphatic rings. The first-order chi connectivity index (χ1) is 10.9. The summed E-state index contributed by atoms with van der Waals surface area (Å²) in [5, 5.41) is 2.94. The fourth-order valence-corrected chi connectivity index (χ4v) is 2.36. The Morgan fingerprint density at radius 2 is 1.52 bits per heavy atom. The van der Waals surface area contributed by atoms with Gasteiger partial charge in [0.1, 0.15) is 22.9 Å². The van der Waals surface area contributed by atoms with Crippen molar-refractivity contribution in [2.24, 2.45) is 0 Å². The zero-order valence-corrected chi connectivity index (χ0v) is 13.6. The first-order valence-electron chi connectivity index (χ1n) is 7.18. The summed E-state index contributed by atoms with van der Waals surface area (Å²) in [6.07, 6.45) is 0. The van der Waals surface area contributed by atoms with E-state index in [1.807, 2.05) is 13.8 Å². The molecule has 0 fully saturated rings. The maximum Gasteiger partial charge on any atom is 0.259 e. The van der Waals surface area contributed by atoms with Crippen LogP contribution in [0.4, 0.5) is 4.39 Å². The van der Waals surface area contributed by atoms with Crippen molar-refractivity contribution in [3.63, 3.8) is 0 Å². The highest BCUT2D eigenvalue weighted by Crippen LogP contribution is 2.30. The summed E-state index contributed by atoms with van der Waals surface area (Å²) in [6, 6.07) is 11.2. The molecule has 0 bridgehead atoms. The van der Waals surface area contributed by atoms with Gasteiger partial charge in [-0.2, -0.15) is 0 Å². The van der Waals surface area contributed by atoms with E-state index in [0.29, 0.717) is 17.1 Å². The highest BCUT2D eigenvalue weighted by molar-refractivity contribution is 6.00. The van der Waals surface area contributed by atoms with Gasteiger partial charge >= 0.3 is 0 Å². The van der Waals surface area contributed by atoms with E-state index in [2.05, 4.69) is 5.32 Å². The third-order valence-corrected chi connectivity index (χ3v) is 3.65. The molecule has 2 aromatic carbocycles. The van der Waals surface area contributed by atoms with Crippen molar-refractivity contribution >= 4 is 5.91 Å². The third kappa shape index (κ3) is 3.62. The van der Waals surface area contributed by atoms with E-state index in [-0.39, 0.29) is 11.7 Å². The van der Waals surface area contributed by atoms with Crippen LogP contribution < -0.4 is 14.8 Å². The summed E-state index contributed by atoms with van der Waals surface area (Å²) < 4.78 is 23.6. The fraction of sp³-hybridized carbons (Fsp3) is 0.278. The Kier molecular flexibility index (Phi) is 4.89. The monoisotopic (exact) mass is 317 g/mol. The number of methoxy groups -OCH3 is 2. The lowest BCUT2D eigenvalue weighted by atomic mass is 9.93. The van der Waals surface area contributed by atoms with Gasteiger partial charge in [0, 0.05) is 0 Å². The van der Waals surface area contributed by atoms with Crippen molar-refractivity contribution in [3.8, 4) is 11.5 Å². The van der Waals surface area contributed by atoms with Gasteiger partial charge in [0.2, 0.25) is 0 Å². The molecule has 0 heterocycles. The van der Waals surface area contributed by atoms with Crippen molar-refractivity contribution < 1.29 is 18.7 Å². The Morgan fingerprint density at radius 3 is 2.00 bits per heavy atom. The Balaban J connectivity index is 2.33. The Morgan fingerprint density at radius 1 is 1.00 bits per heavy atom. The summed E-state index contributed by atoms with van der Waals surface area (Å²) >= 11 is 0. The maximum absolute atomic E-state index is 13.1. The average molecular weight is 317 g/mol. The molecule has 0 aliphatic heterocycles. The normalized spacial score (nSPS) is 11.0. The van der Waals surface area contributed by atoms with E-state index in [0.717, 1.165) is 5.56 Å². The molecular formula is C18H20FNO3. The molecule has 0 saturated heterocycles. The maximum atomic E-state index is 13.1. The molecule has 0 aromatic heterocycles. The van der Waals surface area contributed by atoms with Gasteiger partial charge in [-0.3, -0.25) is 4.79 Å². The van der Waals surface area contributed by atoms with Gasteiger partial charge in [0.25, 0.3) is 5.91 Å². The summed E-state index contributed by atoms with van der Waals surface area (Å²) in [4.78, 5) is 12.7. The molecule has 122 valence electrons. The third-order valence-electron chi connectivity index (χ3n) is 3.65. The predicted octanol–water partition coefficient (Wildman–Crippen LogP) is 3.51. The first kappa shape index (κ1) is 16.8. The second kappa shape index (κ2) is 6.69. The minimum atomic E-state index is -0.684. The van der Waals surface area contributed by atoms with Crippen LogP contribution in [-0.4, -0.2) is 20.1 Å². The van der Waals surface area contributed by atoms with Gasteiger partial charge in [-0.1, -0.05) is 18.2 Å². The SMILES string of the molecule is COc1cccc(OC)c1C(=O)NC(C)(C)c1ccc(F)cc1. The van der Waals surface area contributed by atoms with Crippen LogP contribution in [0.15, 0.2) is 42.5 Å². The van der Waals surface area contributed by atoms with Gasteiger partial charge < -0.3 is 14.8 Å². The van der Waals surface area contributed by atoms with Gasteiger partial charge in [-0.25, -0.2) is 4.39 Å². The predicted molar refractivity (Wildman–Crippen MR) is 86.4 cm³/mol. The highest BCUT2D eigenvalue weighted by Gasteiger charge is 2.27. The lowest BCUT2D eigenvalue weighted by molar-refractivity contribution is 0.0905. The average Bonchev–Trinajstić information content (AvgIpc) is 2.53. The Labute approximate surface area is 135 Å². The van der Waals surface area contributed by atoms with E-state index in [9.17, 15) is 9.18 Å². The Hall–Kier alpha value is -2.56. The molecule has 1 amide bonds. The first-order valence-corrected chi connectivity index (χ1v) is 7.18. The number of hydrogen-bond donors (Lipinski definition) is 1. The number of carbonyl (C=O) groups is 1. The van der Waals surface area contributed by atoms with Crippen molar-refractivity contribution in [1.82, 2.24) is 5.32 Å². The van der Waals surface area contributed by atoms with Crippen LogP contribution >= 0.6 is 0 Å². The van der Waals surface area contributed by atoms with E-state index >= 15 is 0 Å². The fourth-order valence-electron chi connectivity index (χ4n) is 2.36. The largest absolute Gasteiger partial charge is 0.496 e. The summed E-state index contributed by atoms with van der Waals surface area (Å²) in [6.45, 7) is 3.69. The number of nitrogens with one attached hydrogen (secondary N) is 1. The van der Waals surface area contributed by atoms with Crippen LogP contribution in [0.2, 0.25) is 0 Å². The number of benzene rings is 2. The number of ether oxygens (including phenoxy) is 2. The van der Waals surface area contributed by atoms with E-state index in [4.69, 9.17) is 9.47 Å². The van der Waals surface area contributed by atoms with Gasteiger partial charge in [-0.05, 0) is 43.7 Å². The van der Waals surface area contributed by atoms with E-state index in [1.54, 1.807) is 30.3 Å². The van der Waals surface area contributed by atoms with Crippen LogP contribution in [-0.2, 0) is 5.54 Å². The zero-order chi connectivity index (χ0) is 17.0. The second-order valence-electron chi connectivity index (χ2n) is 5.62. The summed E-state index contributed by atoms with van der Waals surface area (Å²) in [5.74, 6) is 0.212. The number of rotatable bonds is 5. The van der Waals surface area contributed by atoms with Crippen LogP contribution in [0.1, 0.15) is 29.8 Å². The van der Waals surface area contributed by atoms with Gasteiger partial charge in [-0.15, -0.1) is 0 Å². The topological polar surface area (TPSA) is 47.6 Å². The molecule has 0 atom stereocenters. The lowest BCUT2D eigenvalue weighted by Gasteiger charge is -2.27. The molecule has 23 heavy (non-hydrogen) atoms. The van der Waals surface area contributed by atoms with Gasteiger partial charge in [0.15, 0.2) is 0 Å². The molecule has 0 saturated carbocycles. The van der Waals surface area contributed by atoms with Crippen molar-refractivity contribution in [2.45, 2.75) is 19.4 Å². The second-order valence-corrected chi connectivity index (χ2v) is 5.62. The number of halogens is 1. The van der Waals surface area contributed by atoms with Crippen LogP contribution in [0.3, 0.4) is 0 Å². The molecule has 5 heteroatoms. The highest BCUT2D eigenvalue weighted by atomic mass is 19.1. The minimum absolute atomic E-state index is 0.317. The molecule has 2 rings (SSSR count). The van der Waals surface area contributed by atoms with Crippen molar-refractivity contribution in [1.29, 1.82) is 0 Å².